The Bertz CT molecular complexity index is 471. The molecule has 2 aliphatic rings. The lowest BCUT2D eigenvalue weighted by Gasteiger charge is -2.26. The number of nitrogens with zero attached hydrogens (tertiary/aromatic N) is 1. The molecular formula is C15H20N2O. The molecule has 2 fully saturated rings. The van der Waals surface area contributed by atoms with Gasteiger partial charge in [-0.25, -0.2) is 0 Å². The Balaban J connectivity index is 1.79. The van der Waals surface area contributed by atoms with Gasteiger partial charge in [0.25, 0.3) is 0 Å². The molecule has 0 aromatic heterocycles. The molecule has 1 aromatic carbocycles. The predicted molar refractivity (Wildman–Crippen MR) is 72.6 cm³/mol. The summed E-state index contributed by atoms with van der Waals surface area (Å²) < 4.78 is 0. The Labute approximate surface area is 108 Å². The van der Waals surface area contributed by atoms with E-state index in [1.807, 2.05) is 30.1 Å². The van der Waals surface area contributed by atoms with Crippen LogP contribution in [-0.2, 0) is 4.79 Å². The molecule has 18 heavy (non-hydrogen) atoms. The molecule has 3 rings (SSSR count). The van der Waals surface area contributed by atoms with Gasteiger partial charge in [-0.3, -0.25) is 4.79 Å². The monoisotopic (exact) mass is 244 g/mol. The third-order valence-corrected chi connectivity index (χ3v) is 4.42. The lowest BCUT2D eigenvalue weighted by molar-refractivity contribution is -0.122. The number of carbonyl (C=O) groups is 1. The number of carbonyl (C=O) groups excluding carboxylic acids is 1. The summed E-state index contributed by atoms with van der Waals surface area (Å²) in [6, 6.07) is 9.07. The highest BCUT2D eigenvalue weighted by atomic mass is 16.2. The lowest BCUT2D eigenvalue weighted by atomic mass is 9.88. The van der Waals surface area contributed by atoms with Crippen LogP contribution in [0.4, 0.5) is 5.69 Å². The van der Waals surface area contributed by atoms with E-state index in [2.05, 4.69) is 18.3 Å². The molecule has 2 saturated heterocycles. The first-order chi connectivity index (χ1) is 8.66. The number of hydrogen-bond donors (Lipinski definition) is 1. The van der Waals surface area contributed by atoms with Crippen LogP contribution in [-0.4, -0.2) is 25.0 Å². The normalized spacial score (nSPS) is 29.6. The molecule has 0 spiro atoms. The topological polar surface area (TPSA) is 32.3 Å². The summed E-state index contributed by atoms with van der Waals surface area (Å²) in [6.45, 7) is 2.05. The zero-order chi connectivity index (χ0) is 12.7. The summed E-state index contributed by atoms with van der Waals surface area (Å²) in [5, 5.41) is 3.53. The number of hydrogen-bond acceptors (Lipinski definition) is 2. The fourth-order valence-corrected chi connectivity index (χ4v) is 3.40. The van der Waals surface area contributed by atoms with E-state index in [0.717, 1.165) is 24.1 Å². The summed E-state index contributed by atoms with van der Waals surface area (Å²) in [6.07, 6.45) is 3.41. The third kappa shape index (κ3) is 1.83. The molecule has 3 heteroatoms. The van der Waals surface area contributed by atoms with Gasteiger partial charge in [0.2, 0.25) is 5.91 Å². The first kappa shape index (κ1) is 11.7. The third-order valence-electron chi connectivity index (χ3n) is 4.42. The van der Waals surface area contributed by atoms with Gasteiger partial charge in [-0.15, -0.1) is 0 Å². The number of para-hydroxylation sites is 1. The second-order valence-corrected chi connectivity index (χ2v) is 5.57. The molecule has 2 heterocycles. The van der Waals surface area contributed by atoms with Crippen LogP contribution in [0.5, 0.6) is 0 Å². The fourth-order valence-electron chi connectivity index (χ4n) is 3.40. The van der Waals surface area contributed by atoms with Gasteiger partial charge in [-0.05, 0) is 37.8 Å². The van der Waals surface area contributed by atoms with Crippen molar-refractivity contribution in [3.8, 4) is 0 Å². The van der Waals surface area contributed by atoms with Gasteiger partial charge in [-0.2, -0.15) is 0 Å². The largest absolute Gasteiger partial charge is 0.315 e. The van der Waals surface area contributed by atoms with Crippen LogP contribution < -0.4 is 10.2 Å². The van der Waals surface area contributed by atoms with Crippen LogP contribution in [0.2, 0.25) is 0 Å². The van der Waals surface area contributed by atoms with Crippen molar-refractivity contribution < 1.29 is 4.79 Å². The molecule has 0 aliphatic carbocycles. The molecule has 1 aromatic rings. The minimum Gasteiger partial charge on any atom is -0.315 e. The summed E-state index contributed by atoms with van der Waals surface area (Å²) in [5.41, 5.74) is 2.19. The smallest absolute Gasteiger partial charge is 0.231 e. The number of rotatable bonds is 2. The van der Waals surface area contributed by atoms with Gasteiger partial charge >= 0.3 is 0 Å². The summed E-state index contributed by atoms with van der Waals surface area (Å²) in [4.78, 5) is 14.4. The van der Waals surface area contributed by atoms with E-state index in [-0.39, 0.29) is 11.8 Å². The van der Waals surface area contributed by atoms with Crippen molar-refractivity contribution in [2.24, 2.45) is 5.92 Å². The molecule has 2 bridgehead atoms. The van der Waals surface area contributed by atoms with E-state index in [4.69, 9.17) is 0 Å². The van der Waals surface area contributed by atoms with Crippen molar-refractivity contribution >= 4 is 11.6 Å². The molecule has 3 atom stereocenters. The number of nitrogens with one attached hydrogen (secondary N) is 1. The number of aryl methyl sites for hydroxylation is 1. The molecular weight excluding hydrogens is 224 g/mol. The zero-order valence-corrected chi connectivity index (χ0v) is 11.0. The average molecular weight is 244 g/mol. The SMILES string of the molecule is Cc1ccccc1N(C)C(=O)C1CC2CCC1N2. The molecule has 2 aliphatic heterocycles. The quantitative estimate of drug-likeness (QED) is 0.864. The molecule has 3 unspecified atom stereocenters. The first-order valence-corrected chi connectivity index (χ1v) is 6.76. The van der Waals surface area contributed by atoms with Crippen LogP contribution in [0.3, 0.4) is 0 Å². The summed E-state index contributed by atoms with van der Waals surface area (Å²) >= 11 is 0. The van der Waals surface area contributed by atoms with Crippen molar-refractivity contribution in [2.75, 3.05) is 11.9 Å². The van der Waals surface area contributed by atoms with E-state index in [9.17, 15) is 4.79 Å². The van der Waals surface area contributed by atoms with Gasteiger partial charge in [-0.1, -0.05) is 18.2 Å². The highest BCUT2D eigenvalue weighted by Gasteiger charge is 2.43. The Morgan fingerprint density at radius 3 is 2.72 bits per heavy atom. The first-order valence-electron chi connectivity index (χ1n) is 6.76. The number of benzene rings is 1. The highest BCUT2D eigenvalue weighted by molar-refractivity contribution is 5.96. The number of amides is 1. The Morgan fingerprint density at radius 1 is 1.33 bits per heavy atom. The molecule has 96 valence electrons. The van der Waals surface area contributed by atoms with Crippen molar-refractivity contribution in [1.29, 1.82) is 0 Å². The standard InChI is InChI=1S/C15H20N2O/c1-10-5-3-4-6-14(10)17(2)15(18)12-9-11-7-8-13(12)16-11/h3-6,11-13,16H,7-9H2,1-2H3. The van der Waals surface area contributed by atoms with E-state index in [0.29, 0.717) is 12.1 Å². The van der Waals surface area contributed by atoms with Gasteiger partial charge in [0.1, 0.15) is 0 Å². The molecule has 0 radical (unpaired) electrons. The van der Waals surface area contributed by atoms with Crippen LogP contribution >= 0.6 is 0 Å². The van der Waals surface area contributed by atoms with Gasteiger partial charge in [0.05, 0.1) is 5.92 Å². The van der Waals surface area contributed by atoms with Crippen LogP contribution in [0.1, 0.15) is 24.8 Å². The maximum absolute atomic E-state index is 12.6. The minimum atomic E-state index is 0.174. The molecule has 0 saturated carbocycles. The number of anilines is 1. The van der Waals surface area contributed by atoms with Crippen LogP contribution in [0.15, 0.2) is 24.3 Å². The van der Waals surface area contributed by atoms with Crippen LogP contribution in [0.25, 0.3) is 0 Å². The molecule has 1 N–H and O–H groups in total. The second-order valence-electron chi connectivity index (χ2n) is 5.57. The summed E-state index contributed by atoms with van der Waals surface area (Å²) in [7, 11) is 1.90. The minimum absolute atomic E-state index is 0.174. The van der Waals surface area contributed by atoms with Gasteiger partial charge in [0.15, 0.2) is 0 Å². The van der Waals surface area contributed by atoms with Gasteiger partial charge < -0.3 is 10.2 Å². The van der Waals surface area contributed by atoms with E-state index in [1.54, 1.807) is 0 Å². The number of fused-ring (bicyclic) bond motifs is 2. The van der Waals surface area contributed by atoms with E-state index < -0.39 is 0 Å². The Kier molecular flexibility index (Phi) is 2.86. The maximum atomic E-state index is 12.6. The Morgan fingerprint density at radius 2 is 2.11 bits per heavy atom. The van der Waals surface area contributed by atoms with Crippen molar-refractivity contribution in [2.45, 2.75) is 38.3 Å². The maximum Gasteiger partial charge on any atom is 0.231 e. The van der Waals surface area contributed by atoms with Crippen LogP contribution in [0, 0.1) is 12.8 Å². The van der Waals surface area contributed by atoms with E-state index >= 15 is 0 Å². The predicted octanol–water partition coefficient (Wildman–Crippen LogP) is 2.10. The second kappa shape index (κ2) is 4.39. The van der Waals surface area contributed by atoms with Crippen molar-refractivity contribution in [1.82, 2.24) is 5.32 Å². The zero-order valence-electron chi connectivity index (χ0n) is 11.0. The highest BCUT2D eigenvalue weighted by Crippen LogP contribution is 2.35. The van der Waals surface area contributed by atoms with Crippen molar-refractivity contribution in [3.05, 3.63) is 29.8 Å². The van der Waals surface area contributed by atoms with E-state index in [1.165, 1.54) is 6.42 Å². The average Bonchev–Trinajstić information content (AvgIpc) is 3.00. The summed E-state index contributed by atoms with van der Waals surface area (Å²) in [5.74, 6) is 0.442. The molecule has 3 nitrogen and oxygen atoms in total. The Hall–Kier alpha value is -1.35. The molecule has 1 amide bonds. The van der Waals surface area contributed by atoms with Crippen molar-refractivity contribution in [3.63, 3.8) is 0 Å². The lowest BCUT2D eigenvalue weighted by Crippen LogP contribution is -2.39. The van der Waals surface area contributed by atoms with Gasteiger partial charge in [0, 0.05) is 24.8 Å². The fraction of sp³-hybridized carbons (Fsp3) is 0.533.